The van der Waals surface area contributed by atoms with Crippen LogP contribution >= 0.6 is 22.6 Å². The molecule has 8 nitrogen and oxygen atoms in total. The Bertz CT molecular complexity index is 1520. The smallest absolute Gasteiger partial charge is 0.455 e. The van der Waals surface area contributed by atoms with Crippen LogP contribution in [-0.2, 0) is 14.2 Å². The first-order chi connectivity index (χ1) is 22.8. The van der Waals surface area contributed by atoms with Crippen LogP contribution < -0.4 is 9.47 Å². The maximum atomic E-state index is 14.2. The number of aromatic hydroxyl groups is 1. The predicted molar refractivity (Wildman–Crippen MR) is 190 cm³/mol. The zero-order chi connectivity index (χ0) is 33.1. The molecule has 1 saturated carbocycles. The zero-order valence-corrected chi connectivity index (χ0v) is 29.5. The van der Waals surface area contributed by atoms with E-state index in [4.69, 9.17) is 14.1 Å². The number of benzene rings is 2. The van der Waals surface area contributed by atoms with Crippen molar-refractivity contribution in [3.63, 3.8) is 0 Å². The number of rotatable bonds is 11. The highest BCUT2D eigenvalue weighted by atomic mass is 127. The molecule has 2 aliphatic heterocycles. The minimum Gasteiger partial charge on any atom is -0.504 e. The highest BCUT2D eigenvalue weighted by Crippen LogP contribution is 2.51. The van der Waals surface area contributed by atoms with Crippen LogP contribution in [0.25, 0.3) is 6.08 Å². The summed E-state index contributed by atoms with van der Waals surface area (Å²) < 4.78 is 18.7. The molecule has 47 heavy (non-hydrogen) atoms. The number of methoxy groups -OCH3 is 1. The second-order valence-corrected chi connectivity index (χ2v) is 14.6. The maximum absolute atomic E-state index is 14.2. The van der Waals surface area contributed by atoms with Crippen LogP contribution in [0.1, 0.15) is 76.7 Å². The Morgan fingerprint density at radius 3 is 2.57 bits per heavy atom. The summed E-state index contributed by atoms with van der Waals surface area (Å²) in [5.41, 5.74) is 4.23. The van der Waals surface area contributed by atoms with Gasteiger partial charge in [-0.1, -0.05) is 62.5 Å². The van der Waals surface area contributed by atoms with E-state index in [1.54, 1.807) is 12.0 Å². The first-order valence-electron chi connectivity index (χ1n) is 17.1. The van der Waals surface area contributed by atoms with Crippen molar-refractivity contribution in [3.8, 4) is 17.2 Å². The van der Waals surface area contributed by atoms with E-state index in [-0.39, 0.29) is 29.5 Å². The van der Waals surface area contributed by atoms with Gasteiger partial charge in [0, 0.05) is 6.04 Å². The maximum Gasteiger partial charge on any atom is 0.455 e. The van der Waals surface area contributed by atoms with E-state index in [1.165, 1.54) is 5.57 Å². The summed E-state index contributed by atoms with van der Waals surface area (Å²) in [6, 6.07) is 13.4. The van der Waals surface area contributed by atoms with E-state index in [0.717, 1.165) is 73.8 Å². The monoisotopic (exact) mass is 753 g/mol. The molecule has 10 heteroatoms. The second kappa shape index (κ2) is 15.2. The summed E-state index contributed by atoms with van der Waals surface area (Å²) in [7, 11) is 0.531. The zero-order valence-electron chi connectivity index (χ0n) is 27.3. The average molecular weight is 753 g/mol. The van der Waals surface area contributed by atoms with Gasteiger partial charge in [0.25, 0.3) is 0 Å². The number of carbonyl (C=O) groups is 2. The van der Waals surface area contributed by atoms with Gasteiger partial charge in [-0.2, -0.15) is 0 Å². The number of ether oxygens (including phenoxy) is 2. The number of fused-ring (bicyclic) bond motifs is 3. The van der Waals surface area contributed by atoms with E-state index in [0.29, 0.717) is 35.1 Å². The van der Waals surface area contributed by atoms with Crippen LogP contribution in [0.4, 0.5) is 0 Å². The Hall–Kier alpha value is -2.83. The van der Waals surface area contributed by atoms with Crippen molar-refractivity contribution in [2.24, 2.45) is 17.8 Å². The fourth-order valence-electron chi connectivity index (χ4n) is 8.28. The summed E-state index contributed by atoms with van der Waals surface area (Å²) in [5.74, 6) is 0.0248. The molecule has 0 bridgehead atoms. The Balaban J connectivity index is 1.31. The van der Waals surface area contributed by atoms with Crippen molar-refractivity contribution in [2.75, 3.05) is 13.7 Å². The summed E-state index contributed by atoms with van der Waals surface area (Å²) in [6.45, 7) is 2.46. The molecule has 0 radical (unpaired) electrons. The lowest BCUT2D eigenvalue weighted by atomic mass is 9.58. The standard InChI is InChI=1S/C37H45BINO7/c1-3-10-23(17-24-18-30(39)35(41)32(19-24)45-2)15-16-31-33-25(22-46-27-13-8-5-9-14-27)20-28-34(29(33)21-38(44)47-31)37(43)40(36(28)42)26-11-6-4-7-12-26/h5,8-9,13-14,17-19,26,28-29,31,34,41,44H,3-4,6-7,10-12,15-16,20-22H2,1-2H3/b23-17+/t28-,29+,31-,34-/m1/s1. The van der Waals surface area contributed by atoms with Crippen molar-refractivity contribution >= 4 is 47.6 Å². The fourth-order valence-corrected chi connectivity index (χ4v) is 8.91. The first-order valence-corrected chi connectivity index (χ1v) is 18.2. The number of likely N-dealkylation sites (tertiary alicyclic amines) is 1. The summed E-state index contributed by atoms with van der Waals surface area (Å²) >= 11 is 2.11. The first kappa shape index (κ1) is 34.1. The number of phenols is 1. The van der Waals surface area contributed by atoms with Gasteiger partial charge in [0.1, 0.15) is 12.4 Å². The molecule has 0 unspecified atom stereocenters. The second-order valence-electron chi connectivity index (χ2n) is 13.4. The van der Waals surface area contributed by atoms with Gasteiger partial charge >= 0.3 is 7.12 Å². The summed E-state index contributed by atoms with van der Waals surface area (Å²) in [4.78, 5) is 29.7. The highest BCUT2D eigenvalue weighted by molar-refractivity contribution is 14.1. The van der Waals surface area contributed by atoms with Crippen molar-refractivity contribution in [1.29, 1.82) is 0 Å². The summed E-state index contributed by atoms with van der Waals surface area (Å²) in [5, 5.41) is 21.4. The largest absolute Gasteiger partial charge is 0.504 e. The third-order valence-corrected chi connectivity index (χ3v) is 11.2. The van der Waals surface area contributed by atoms with Crippen LogP contribution in [0.15, 0.2) is 59.2 Å². The number of imide groups is 1. The van der Waals surface area contributed by atoms with Crippen molar-refractivity contribution in [1.82, 2.24) is 4.90 Å². The topological polar surface area (TPSA) is 106 Å². The molecule has 2 aromatic carbocycles. The van der Waals surface area contributed by atoms with E-state index < -0.39 is 25.1 Å². The van der Waals surface area contributed by atoms with Crippen LogP contribution in [-0.4, -0.2) is 59.8 Å². The number of carbonyl (C=O) groups excluding carboxylic acids is 2. The summed E-state index contributed by atoms with van der Waals surface area (Å²) in [6.07, 6.45) is 10.7. The lowest BCUT2D eigenvalue weighted by Crippen LogP contribution is -2.47. The Morgan fingerprint density at radius 1 is 1.09 bits per heavy atom. The molecule has 4 atom stereocenters. The van der Waals surface area contributed by atoms with Gasteiger partial charge in [0.15, 0.2) is 11.5 Å². The van der Waals surface area contributed by atoms with E-state index in [9.17, 15) is 19.7 Å². The van der Waals surface area contributed by atoms with Gasteiger partial charge in [0.2, 0.25) is 11.8 Å². The van der Waals surface area contributed by atoms with Crippen LogP contribution in [0.3, 0.4) is 0 Å². The molecule has 2 amide bonds. The molecule has 6 rings (SSSR count). The van der Waals surface area contributed by atoms with Crippen molar-refractivity contribution in [2.45, 2.75) is 89.6 Å². The lowest BCUT2D eigenvalue weighted by Gasteiger charge is -2.43. The third kappa shape index (κ3) is 7.29. The molecule has 2 aromatic rings. The molecule has 0 spiro atoms. The molecular weight excluding hydrogens is 708 g/mol. The van der Waals surface area contributed by atoms with Crippen molar-refractivity contribution < 1.29 is 33.8 Å². The molecule has 0 aromatic heterocycles. The molecule has 2 N–H and O–H groups in total. The van der Waals surface area contributed by atoms with Gasteiger partial charge in [-0.3, -0.25) is 14.5 Å². The van der Waals surface area contributed by atoms with Gasteiger partial charge in [-0.25, -0.2) is 0 Å². The number of halogens is 1. The van der Waals surface area contributed by atoms with E-state index >= 15 is 0 Å². The molecular formula is C37H45BINO7. The predicted octanol–water partition coefficient (Wildman–Crippen LogP) is 7.18. The number of hydrogen-bond acceptors (Lipinski definition) is 7. The van der Waals surface area contributed by atoms with E-state index in [2.05, 4.69) is 35.6 Å². The molecule has 2 saturated heterocycles. The SMILES string of the molecule is CCC/C(=C\c1cc(I)c(O)c(OC)c1)CC[C@H]1OB(O)C[C@H]2C1=C(COc1ccccc1)C[C@H]1C(=O)N(C3CCCCC3)C(=O)[C@H]12. The molecule has 4 aliphatic rings. The number of hydrogen-bond donors (Lipinski definition) is 2. The number of para-hydroxylation sites is 1. The average Bonchev–Trinajstić information content (AvgIpc) is 3.33. The normalized spacial score (nSPS) is 25.2. The molecule has 2 heterocycles. The van der Waals surface area contributed by atoms with Gasteiger partial charge in [0.05, 0.1) is 28.6 Å². The minimum atomic E-state index is -1.02. The number of amides is 2. The Labute approximate surface area is 291 Å². The lowest BCUT2D eigenvalue weighted by molar-refractivity contribution is -0.143. The fraction of sp³-hybridized carbons (Fsp3) is 0.514. The van der Waals surface area contributed by atoms with Gasteiger partial charge in [-0.15, -0.1) is 0 Å². The minimum absolute atomic E-state index is 0.0225. The van der Waals surface area contributed by atoms with Crippen LogP contribution in [0, 0.1) is 21.3 Å². The highest BCUT2D eigenvalue weighted by Gasteiger charge is 2.58. The van der Waals surface area contributed by atoms with E-state index in [1.807, 2.05) is 42.5 Å². The Morgan fingerprint density at radius 2 is 1.85 bits per heavy atom. The van der Waals surface area contributed by atoms with Crippen molar-refractivity contribution in [3.05, 3.63) is 68.3 Å². The van der Waals surface area contributed by atoms with Gasteiger partial charge in [-0.05, 0) is 114 Å². The van der Waals surface area contributed by atoms with Crippen LogP contribution in [0.2, 0.25) is 6.32 Å². The third-order valence-electron chi connectivity index (χ3n) is 10.4. The number of phenolic OH excluding ortho intramolecular Hbond substituents is 1. The molecule has 250 valence electrons. The van der Waals surface area contributed by atoms with Crippen LogP contribution in [0.5, 0.6) is 17.2 Å². The van der Waals surface area contributed by atoms with Gasteiger partial charge < -0.3 is 24.3 Å². The molecule has 3 fully saturated rings. The number of allylic oxidation sites excluding steroid dienone is 1. The quantitative estimate of drug-likeness (QED) is 0.109. The molecule has 2 aliphatic carbocycles. The number of nitrogens with zero attached hydrogens (tertiary/aromatic N) is 1. The Kier molecular flexibility index (Phi) is 11.0.